The standard InChI is InChI=1S/C11H19N3O/c1-3-6-15-7-9(12)10-8(2)4-5-14-11(10)13/h4-5,9H,3,6-7,12H2,1-2H3,(H2,13,14). The first-order chi connectivity index (χ1) is 7.16. The van der Waals surface area contributed by atoms with E-state index in [0.29, 0.717) is 12.4 Å². The van der Waals surface area contributed by atoms with Gasteiger partial charge in [0.1, 0.15) is 5.82 Å². The molecule has 1 atom stereocenters. The first kappa shape index (κ1) is 11.9. The molecule has 0 amide bonds. The topological polar surface area (TPSA) is 74.2 Å². The Morgan fingerprint density at radius 3 is 2.87 bits per heavy atom. The van der Waals surface area contributed by atoms with Gasteiger partial charge in [-0.25, -0.2) is 4.98 Å². The molecule has 0 bridgehead atoms. The normalized spacial score (nSPS) is 12.7. The second kappa shape index (κ2) is 5.68. The van der Waals surface area contributed by atoms with Crippen LogP contribution in [0.15, 0.2) is 12.3 Å². The molecule has 0 saturated heterocycles. The average molecular weight is 209 g/mol. The summed E-state index contributed by atoms with van der Waals surface area (Å²) in [6.45, 7) is 5.26. The number of nitrogen functional groups attached to an aromatic ring is 1. The van der Waals surface area contributed by atoms with E-state index < -0.39 is 0 Å². The molecule has 1 aromatic heterocycles. The van der Waals surface area contributed by atoms with Crippen molar-refractivity contribution in [2.75, 3.05) is 18.9 Å². The van der Waals surface area contributed by atoms with Gasteiger partial charge in [0.05, 0.1) is 12.6 Å². The Kier molecular flexibility index (Phi) is 4.52. The van der Waals surface area contributed by atoms with Crippen LogP contribution < -0.4 is 11.5 Å². The number of nitrogens with zero attached hydrogens (tertiary/aromatic N) is 1. The fraction of sp³-hybridized carbons (Fsp3) is 0.545. The van der Waals surface area contributed by atoms with E-state index in [9.17, 15) is 0 Å². The Labute approximate surface area is 90.6 Å². The Hall–Kier alpha value is -1.13. The van der Waals surface area contributed by atoms with Gasteiger partial charge in [-0.1, -0.05) is 6.92 Å². The fourth-order valence-electron chi connectivity index (χ4n) is 1.51. The number of aromatic nitrogens is 1. The predicted octanol–water partition coefficient (Wildman–Crippen LogP) is 1.40. The van der Waals surface area contributed by atoms with Crippen LogP contribution in [0.4, 0.5) is 5.82 Å². The van der Waals surface area contributed by atoms with Crippen molar-refractivity contribution in [1.82, 2.24) is 4.98 Å². The van der Waals surface area contributed by atoms with E-state index in [2.05, 4.69) is 11.9 Å². The maximum absolute atomic E-state index is 5.99. The predicted molar refractivity (Wildman–Crippen MR) is 61.4 cm³/mol. The summed E-state index contributed by atoms with van der Waals surface area (Å²) in [5, 5.41) is 0. The fourth-order valence-corrected chi connectivity index (χ4v) is 1.51. The SMILES string of the molecule is CCCOCC(N)c1c(C)ccnc1N. The van der Waals surface area contributed by atoms with E-state index in [4.69, 9.17) is 16.2 Å². The van der Waals surface area contributed by atoms with Gasteiger partial charge in [0.2, 0.25) is 0 Å². The number of ether oxygens (including phenoxy) is 1. The lowest BCUT2D eigenvalue weighted by Gasteiger charge is -2.16. The van der Waals surface area contributed by atoms with Gasteiger partial charge in [0.15, 0.2) is 0 Å². The van der Waals surface area contributed by atoms with E-state index in [1.54, 1.807) is 6.20 Å². The zero-order valence-corrected chi connectivity index (χ0v) is 9.36. The average Bonchev–Trinajstić information content (AvgIpc) is 2.18. The van der Waals surface area contributed by atoms with Crippen molar-refractivity contribution in [1.29, 1.82) is 0 Å². The third kappa shape index (κ3) is 3.18. The van der Waals surface area contributed by atoms with Gasteiger partial charge in [-0.3, -0.25) is 0 Å². The third-order valence-electron chi connectivity index (χ3n) is 2.26. The number of pyridine rings is 1. The van der Waals surface area contributed by atoms with Gasteiger partial charge < -0.3 is 16.2 Å². The molecule has 1 rings (SSSR count). The van der Waals surface area contributed by atoms with E-state index in [0.717, 1.165) is 24.2 Å². The van der Waals surface area contributed by atoms with E-state index in [-0.39, 0.29) is 6.04 Å². The van der Waals surface area contributed by atoms with Crippen LogP contribution in [0.3, 0.4) is 0 Å². The molecule has 0 aliphatic rings. The number of aryl methyl sites for hydroxylation is 1. The lowest BCUT2D eigenvalue weighted by molar-refractivity contribution is 0.121. The van der Waals surface area contributed by atoms with E-state index in [1.807, 2.05) is 13.0 Å². The summed E-state index contributed by atoms with van der Waals surface area (Å²) in [6.07, 6.45) is 2.68. The molecule has 1 unspecified atom stereocenters. The summed E-state index contributed by atoms with van der Waals surface area (Å²) < 4.78 is 5.40. The molecule has 84 valence electrons. The van der Waals surface area contributed by atoms with Gasteiger partial charge in [-0.2, -0.15) is 0 Å². The second-order valence-corrected chi connectivity index (χ2v) is 3.61. The molecule has 1 heterocycles. The molecule has 4 N–H and O–H groups in total. The summed E-state index contributed by atoms with van der Waals surface area (Å²) >= 11 is 0. The van der Waals surface area contributed by atoms with Crippen LogP contribution in [0, 0.1) is 6.92 Å². The maximum atomic E-state index is 5.99. The van der Waals surface area contributed by atoms with Crippen molar-refractivity contribution in [2.45, 2.75) is 26.3 Å². The molecular formula is C11H19N3O. The largest absolute Gasteiger partial charge is 0.383 e. The molecule has 0 saturated carbocycles. The lowest BCUT2D eigenvalue weighted by atomic mass is 10.0. The number of nitrogens with two attached hydrogens (primary N) is 2. The molecule has 4 nitrogen and oxygen atoms in total. The molecule has 0 spiro atoms. The van der Waals surface area contributed by atoms with Crippen molar-refractivity contribution in [3.05, 3.63) is 23.4 Å². The minimum atomic E-state index is -0.190. The zero-order valence-electron chi connectivity index (χ0n) is 9.36. The molecule has 0 aliphatic heterocycles. The molecule has 1 aromatic rings. The Morgan fingerprint density at radius 1 is 1.53 bits per heavy atom. The van der Waals surface area contributed by atoms with Crippen molar-refractivity contribution in [3.8, 4) is 0 Å². The summed E-state index contributed by atoms with van der Waals surface area (Å²) in [7, 11) is 0. The minimum absolute atomic E-state index is 0.190. The van der Waals surface area contributed by atoms with Crippen molar-refractivity contribution < 1.29 is 4.74 Å². The van der Waals surface area contributed by atoms with Crippen molar-refractivity contribution >= 4 is 5.82 Å². The first-order valence-electron chi connectivity index (χ1n) is 5.21. The van der Waals surface area contributed by atoms with E-state index in [1.165, 1.54) is 0 Å². The van der Waals surface area contributed by atoms with Gasteiger partial charge in [-0.15, -0.1) is 0 Å². The minimum Gasteiger partial charge on any atom is -0.383 e. The summed E-state index contributed by atoms with van der Waals surface area (Å²) in [4.78, 5) is 4.03. The number of hydrogen-bond acceptors (Lipinski definition) is 4. The first-order valence-corrected chi connectivity index (χ1v) is 5.21. The smallest absolute Gasteiger partial charge is 0.128 e. The van der Waals surface area contributed by atoms with Crippen LogP contribution in [-0.4, -0.2) is 18.2 Å². The monoisotopic (exact) mass is 209 g/mol. The van der Waals surface area contributed by atoms with Crippen molar-refractivity contribution in [3.63, 3.8) is 0 Å². The molecule has 0 aliphatic carbocycles. The van der Waals surface area contributed by atoms with Crippen molar-refractivity contribution in [2.24, 2.45) is 5.73 Å². The molecule has 15 heavy (non-hydrogen) atoms. The molecular weight excluding hydrogens is 190 g/mol. The van der Waals surface area contributed by atoms with Gasteiger partial charge in [0.25, 0.3) is 0 Å². The Bertz CT molecular complexity index is 294. The highest BCUT2D eigenvalue weighted by atomic mass is 16.5. The van der Waals surface area contributed by atoms with Crippen LogP contribution in [0.25, 0.3) is 0 Å². The van der Waals surface area contributed by atoms with Crippen LogP contribution in [0.2, 0.25) is 0 Å². The van der Waals surface area contributed by atoms with Crippen LogP contribution in [0.1, 0.15) is 30.5 Å². The third-order valence-corrected chi connectivity index (χ3v) is 2.26. The Balaban J connectivity index is 2.68. The quantitative estimate of drug-likeness (QED) is 0.719. The molecule has 0 radical (unpaired) electrons. The number of hydrogen-bond donors (Lipinski definition) is 2. The highest BCUT2D eigenvalue weighted by molar-refractivity contribution is 5.45. The number of rotatable bonds is 5. The van der Waals surface area contributed by atoms with Gasteiger partial charge in [-0.05, 0) is 25.0 Å². The van der Waals surface area contributed by atoms with Crippen LogP contribution >= 0.6 is 0 Å². The Morgan fingerprint density at radius 2 is 2.27 bits per heavy atom. The summed E-state index contributed by atoms with van der Waals surface area (Å²) in [5.74, 6) is 0.502. The van der Waals surface area contributed by atoms with Crippen LogP contribution in [0.5, 0.6) is 0 Å². The molecule has 0 fully saturated rings. The van der Waals surface area contributed by atoms with Gasteiger partial charge >= 0.3 is 0 Å². The molecule has 0 aromatic carbocycles. The maximum Gasteiger partial charge on any atom is 0.128 e. The molecule has 4 heteroatoms. The second-order valence-electron chi connectivity index (χ2n) is 3.61. The van der Waals surface area contributed by atoms with E-state index >= 15 is 0 Å². The lowest BCUT2D eigenvalue weighted by Crippen LogP contribution is -2.20. The summed E-state index contributed by atoms with van der Waals surface area (Å²) in [5.41, 5.74) is 13.7. The highest BCUT2D eigenvalue weighted by Crippen LogP contribution is 2.20. The number of anilines is 1. The summed E-state index contributed by atoms with van der Waals surface area (Å²) in [6, 6.07) is 1.72. The highest BCUT2D eigenvalue weighted by Gasteiger charge is 2.13. The van der Waals surface area contributed by atoms with Crippen LogP contribution in [-0.2, 0) is 4.74 Å². The zero-order chi connectivity index (χ0) is 11.3. The van der Waals surface area contributed by atoms with Gasteiger partial charge in [0, 0.05) is 18.4 Å².